The maximum absolute atomic E-state index is 12.2. The molecule has 0 atom stereocenters. The van der Waals surface area contributed by atoms with Gasteiger partial charge in [-0.15, -0.1) is 11.3 Å². The number of nitrogens with one attached hydrogen (secondary N) is 1. The van der Waals surface area contributed by atoms with E-state index in [1.165, 1.54) is 23.1 Å². The molecule has 24 heavy (non-hydrogen) atoms. The average molecular weight is 421 g/mol. The molecule has 3 rings (SSSR count). The second-order valence-corrected chi connectivity index (χ2v) is 8.48. The Labute approximate surface area is 155 Å². The van der Waals surface area contributed by atoms with E-state index in [0.29, 0.717) is 16.3 Å². The summed E-state index contributed by atoms with van der Waals surface area (Å²) < 4.78 is 0.910. The van der Waals surface area contributed by atoms with Crippen LogP contribution in [0.5, 0.6) is 5.75 Å². The molecule has 0 saturated carbocycles. The Morgan fingerprint density at radius 3 is 2.50 bits per heavy atom. The normalized spacial score (nSPS) is 10.5. The first-order valence-corrected chi connectivity index (χ1v) is 9.37. The molecule has 0 saturated heterocycles. The first kappa shape index (κ1) is 16.9. The number of hydrogen-bond acceptors (Lipinski definition) is 5. The van der Waals surface area contributed by atoms with Gasteiger partial charge in [-0.2, -0.15) is 0 Å². The number of benzene rings is 2. The van der Waals surface area contributed by atoms with Gasteiger partial charge in [-0.05, 0) is 70.5 Å². The highest BCUT2D eigenvalue weighted by molar-refractivity contribution is 9.11. The topological polar surface area (TPSA) is 75.3 Å². The largest absolute Gasteiger partial charge is 0.508 e. The van der Waals surface area contributed by atoms with Crippen molar-refractivity contribution in [2.24, 2.45) is 0 Å². The zero-order valence-electron chi connectivity index (χ0n) is 12.3. The molecule has 3 aromatic rings. The summed E-state index contributed by atoms with van der Waals surface area (Å²) in [4.78, 5) is 14.6. The van der Waals surface area contributed by atoms with Gasteiger partial charge < -0.3 is 16.2 Å². The number of rotatable bonds is 4. The Morgan fingerprint density at radius 2 is 1.88 bits per heavy atom. The zero-order chi connectivity index (χ0) is 17.1. The summed E-state index contributed by atoms with van der Waals surface area (Å²) in [6.45, 7) is 0. The van der Waals surface area contributed by atoms with Crippen molar-refractivity contribution in [1.82, 2.24) is 0 Å². The smallest absolute Gasteiger partial charge is 0.265 e. The number of hydrogen-bond donors (Lipinski definition) is 3. The number of phenolic OH excluding ortho intramolecular Hbond substituents is 1. The second kappa shape index (κ2) is 7.29. The van der Waals surface area contributed by atoms with Crippen molar-refractivity contribution in [3.63, 3.8) is 0 Å². The molecule has 1 heterocycles. The number of amides is 1. The first-order chi connectivity index (χ1) is 11.5. The highest BCUT2D eigenvalue weighted by atomic mass is 79.9. The molecule has 0 unspecified atom stereocenters. The minimum Gasteiger partial charge on any atom is -0.508 e. The predicted octanol–water partition coefficient (Wildman–Crippen LogP) is 5.20. The van der Waals surface area contributed by atoms with Gasteiger partial charge in [-0.25, -0.2) is 0 Å². The number of halogens is 1. The fourth-order valence-electron chi connectivity index (χ4n) is 1.99. The van der Waals surface area contributed by atoms with E-state index >= 15 is 0 Å². The summed E-state index contributed by atoms with van der Waals surface area (Å²) >= 11 is 6.21. The molecule has 0 aliphatic heterocycles. The third-order valence-electron chi connectivity index (χ3n) is 3.13. The van der Waals surface area contributed by atoms with E-state index in [9.17, 15) is 9.90 Å². The third-order valence-corrected chi connectivity index (χ3v) is 5.85. The lowest BCUT2D eigenvalue weighted by Gasteiger charge is -2.09. The standard InChI is InChI=1S/C17H13BrN2O2S2/c18-16-8-7-15(24-16)17(22)20-10-1-6-14(13(19)9-10)23-12-4-2-11(21)3-5-12/h1-9,21H,19H2,(H,20,22). The Bertz CT molecular complexity index is 879. The van der Waals surface area contributed by atoms with Crippen molar-refractivity contribution in [2.45, 2.75) is 9.79 Å². The van der Waals surface area contributed by atoms with Gasteiger partial charge in [0.15, 0.2) is 0 Å². The SMILES string of the molecule is Nc1cc(NC(=O)c2ccc(Br)s2)ccc1Sc1ccc(O)cc1. The van der Waals surface area contributed by atoms with Crippen molar-refractivity contribution in [3.05, 3.63) is 63.3 Å². The first-order valence-electron chi connectivity index (χ1n) is 6.94. The van der Waals surface area contributed by atoms with Crippen molar-refractivity contribution < 1.29 is 9.90 Å². The fourth-order valence-corrected chi connectivity index (χ4v) is 4.11. The molecule has 0 spiro atoms. The van der Waals surface area contributed by atoms with Crippen LogP contribution in [0.1, 0.15) is 9.67 Å². The lowest BCUT2D eigenvalue weighted by Crippen LogP contribution is -2.10. The Morgan fingerprint density at radius 1 is 1.12 bits per heavy atom. The van der Waals surface area contributed by atoms with Gasteiger partial charge in [0.25, 0.3) is 5.91 Å². The van der Waals surface area contributed by atoms with Gasteiger partial charge in [0.1, 0.15) is 5.75 Å². The zero-order valence-corrected chi connectivity index (χ0v) is 15.5. The van der Waals surface area contributed by atoms with Crippen LogP contribution in [0, 0.1) is 0 Å². The molecule has 4 nitrogen and oxygen atoms in total. The van der Waals surface area contributed by atoms with Crippen molar-refractivity contribution in [1.29, 1.82) is 0 Å². The summed E-state index contributed by atoms with van der Waals surface area (Å²) in [5.74, 6) is 0.0645. The Balaban J connectivity index is 1.72. The summed E-state index contributed by atoms with van der Waals surface area (Å²) in [6, 6.07) is 15.9. The van der Waals surface area contributed by atoms with E-state index in [-0.39, 0.29) is 11.7 Å². The van der Waals surface area contributed by atoms with Gasteiger partial charge >= 0.3 is 0 Å². The van der Waals surface area contributed by atoms with Crippen LogP contribution in [-0.4, -0.2) is 11.0 Å². The Kier molecular flexibility index (Phi) is 5.13. The van der Waals surface area contributed by atoms with Crippen LogP contribution in [0.15, 0.2) is 68.2 Å². The number of aromatic hydroxyl groups is 1. The van der Waals surface area contributed by atoms with E-state index in [4.69, 9.17) is 5.73 Å². The molecule has 2 aromatic carbocycles. The van der Waals surface area contributed by atoms with Gasteiger partial charge in [0.05, 0.1) is 8.66 Å². The minimum atomic E-state index is -0.163. The van der Waals surface area contributed by atoms with E-state index in [0.717, 1.165) is 13.6 Å². The maximum Gasteiger partial charge on any atom is 0.265 e. The van der Waals surface area contributed by atoms with Gasteiger partial charge in [-0.3, -0.25) is 4.79 Å². The number of phenols is 1. The number of nitrogens with two attached hydrogens (primary N) is 1. The van der Waals surface area contributed by atoms with Crippen LogP contribution >= 0.6 is 39.0 Å². The van der Waals surface area contributed by atoms with Crippen LogP contribution in [0.3, 0.4) is 0 Å². The number of nitrogen functional groups attached to an aromatic ring is 1. The number of thiophene rings is 1. The molecular weight excluding hydrogens is 408 g/mol. The highest BCUT2D eigenvalue weighted by Crippen LogP contribution is 2.34. The lowest BCUT2D eigenvalue weighted by molar-refractivity contribution is 0.103. The quantitative estimate of drug-likeness (QED) is 0.506. The highest BCUT2D eigenvalue weighted by Gasteiger charge is 2.10. The predicted molar refractivity (Wildman–Crippen MR) is 103 cm³/mol. The molecule has 0 aliphatic carbocycles. The van der Waals surface area contributed by atoms with Gasteiger partial charge in [0, 0.05) is 21.2 Å². The van der Waals surface area contributed by atoms with Crippen LogP contribution in [0.4, 0.5) is 11.4 Å². The molecule has 1 amide bonds. The molecule has 4 N–H and O–H groups in total. The van der Waals surface area contributed by atoms with Crippen molar-refractivity contribution in [3.8, 4) is 5.75 Å². The van der Waals surface area contributed by atoms with Gasteiger partial charge in [0.2, 0.25) is 0 Å². The van der Waals surface area contributed by atoms with E-state index in [2.05, 4.69) is 21.2 Å². The average Bonchev–Trinajstić information content (AvgIpc) is 2.99. The van der Waals surface area contributed by atoms with Crippen molar-refractivity contribution in [2.75, 3.05) is 11.1 Å². The molecule has 0 fully saturated rings. The van der Waals surface area contributed by atoms with Crippen LogP contribution in [-0.2, 0) is 0 Å². The molecule has 7 heteroatoms. The monoisotopic (exact) mass is 420 g/mol. The maximum atomic E-state index is 12.2. The molecule has 0 bridgehead atoms. The summed E-state index contributed by atoms with van der Waals surface area (Å²) in [7, 11) is 0. The molecule has 0 radical (unpaired) electrons. The van der Waals surface area contributed by atoms with Crippen LogP contribution in [0.25, 0.3) is 0 Å². The van der Waals surface area contributed by atoms with Crippen molar-refractivity contribution >= 4 is 56.3 Å². The molecule has 122 valence electrons. The minimum absolute atomic E-state index is 0.163. The molecular formula is C17H13BrN2O2S2. The van der Waals surface area contributed by atoms with E-state index in [1.807, 2.05) is 30.3 Å². The molecule has 0 aliphatic rings. The third kappa shape index (κ3) is 4.11. The van der Waals surface area contributed by atoms with Crippen LogP contribution in [0.2, 0.25) is 0 Å². The van der Waals surface area contributed by atoms with Gasteiger partial charge in [-0.1, -0.05) is 11.8 Å². The number of carbonyl (C=O) groups is 1. The molecule has 1 aromatic heterocycles. The fraction of sp³-hybridized carbons (Fsp3) is 0. The summed E-state index contributed by atoms with van der Waals surface area (Å²) in [6.07, 6.45) is 0. The van der Waals surface area contributed by atoms with Crippen LogP contribution < -0.4 is 11.1 Å². The van der Waals surface area contributed by atoms with E-state index < -0.39 is 0 Å². The number of anilines is 2. The summed E-state index contributed by atoms with van der Waals surface area (Å²) in [5.41, 5.74) is 7.32. The number of carbonyl (C=O) groups excluding carboxylic acids is 1. The summed E-state index contributed by atoms with van der Waals surface area (Å²) in [5, 5.41) is 12.2. The van der Waals surface area contributed by atoms with E-state index in [1.54, 1.807) is 24.3 Å². The second-order valence-electron chi connectivity index (χ2n) is 4.91. The Hall–Kier alpha value is -1.96. The lowest BCUT2D eigenvalue weighted by atomic mass is 10.2.